The third-order valence-electron chi connectivity index (χ3n) is 9.79. The molecule has 13 nitrogen and oxygen atoms in total. The number of rotatable bonds is 4. The second kappa shape index (κ2) is 39.9. The third-order valence-corrected chi connectivity index (χ3v) is 9.79. The van der Waals surface area contributed by atoms with Crippen molar-refractivity contribution in [2.75, 3.05) is 20.5 Å². The fourth-order valence-corrected chi connectivity index (χ4v) is 6.64. The molecule has 0 saturated carbocycles. The van der Waals surface area contributed by atoms with E-state index >= 15 is 0 Å². The summed E-state index contributed by atoms with van der Waals surface area (Å²) in [5.74, 6) is 2.25. The normalized spacial score (nSPS) is 14.8. The molecule has 0 atom stereocenters. The summed E-state index contributed by atoms with van der Waals surface area (Å²) >= 11 is 0. The van der Waals surface area contributed by atoms with Crippen LogP contribution >= 0.6 is 0 Å². The molecule has 0 aliphatic rings. The number of furan rings is 2. The van der Waals surface area contributed by atoms with Gasteiger partial charge in [-0.15, -0.1) is 101 Å². The Morgan fingerprint density at radius 1 is 0.586 bits per heavy atom. The number of aromatic nitrogens is 6. The van der Waals surface area contributed by atoms with Crippen LogP contribution in [0.25, 0.3) is 89.2 Å². The SMILES string of the molecule is C.C#CC.CO.CO.CS(=O)(=O)[O-].[2H]C([2H])([2H])c1c[c-]c(-c2ccc(C([2H])([2H])[2H])cn2)cc1.[2H]C([2H])([2H])c1c[c-]c(-c2ccc(C([2H])([2H])[2H])cn2)cc1.[2H]c1nc(-c2[c-]ccc3c2oc2nc(C([2H])([2H])[2H])ccc23)c([2H])c([2H])c1[2H].[2H]c1nc(-c2cccc3c2oc2nc(C([2H])([2H])[2H])ccc23)c([2H])c([2H])c1[2H].[B]B([B])[B].[Ir].[Ir]. The van der Waals surface area contributed by atoms with Gasteiger partial charge in [-0.1, -0.05) is 86.6 Å². The summed E-state index contributed by atoms with van der Waals surface area (Å²) in [6, 6.07) is 36.0. The Balaban J connectivity index is 0.000000706. The predicted octanol–water partition coefficient (Wildman–Crippen LogP) is 13.0. The van der Waals surface area contributed by atoms with Gasteiger partial charge in [0.25, 0.3) is 0 Å². The molecule has 87 heavy (non-hydrogen) atoms. The summed E-state index contributed by atoms with van der Waals surface area (Å²) in [6.07, 6.45) is 6.31. The van der Waals surface area contributed by atoms with Crippen LogP contribution in [-0.4, -0.2) is 103 Å². The fourth-order valence-electron chi connectivity index (χ4n) is 6.64. The van der Waals surface area contributed by atoms with Crippen molar-refractivity contribution < 1.29 is 108 Å². The molecule has 0 aliphatic carbocycles. The van der Waals surface area contributed by atoms with Gasteiger partial charge >= 0.3 is 0 Å². The second-order valence-electron chi connectivity index (χ2n) is 15.9. The van der Waals surface area contributed by atoms with Gasteiger partial charge in [0.1, 0.15) is 5.58 Å². The Bertz CT molecular complexity index is 4850. The predicted molar refractivity (Wildman–Crippen MR) is 350 cm³/mol. The van der Waals surface area contributed by atoms with Crippen molar-refractivity contribution >= 4 is 83.9 Å². The van der Waals surface area contributed by atoms with Crippen molar-refractivity contribution in [3.8, 4) is 57.4 Å². The number of benzene rings is 4. The first-order valence-corrected chi connectivity index (χ1v) is 25.6. The van der Waals surface area contributed by atoms with Crippen molar-refractivity contribution in [1.82, 2.24) is 29.9 Å². The van der Waals surface area contributed by atoms with Crippen LogP contribution in [0.1, 0.15) is 83.6 Å². The molecule has 8 radical (unpaired) electrons. The maximum Gasteiger partial charge on any atom is 0.227 e. The third kappa shape index (κ3) is 25.3. The maximum atomic E-state index is 9.08. The van der Waals surface area contributed by atoms with E-state index in [-0.39, 0.29) is 133 Å². The van der Waals surface area contributed by atoms with Crippen molar-refractivity contribution in [2.45, 2.75) is 55.5 Å². The van der Waals surface area contributed by atoms with Crippen LogP contribution in [-0.2, 0) is 50.3 Å². The number of fused-ring (bicyclic) bond motifs is 6. The summed E-state index contributed by atoms with van der Waals surface area (Å²) in [5, 5.41) is 16.5. The molecule has 0 bridgehead atoms. The number of nitrogens with zero attached hydrogens (tertiary/aromatic N) is 6. The van der Waals surface area contributed by atoms with E-state index < -0.39 is 88.1 Å². The zero-order chi connectivity index (χ0) is 83.7. The smallest absolute Gasteiger partial charge is 0.227 e. The molecule has 8 aromatic heterocycles. The first kappa shape index (κ1) is 43.9. The van der Waals surface area contributed by atoms with E-state index in [1.54, 1.807) is 73.7 Å². The molecule has 20 heteroatoms. The minimum absolute atomic E-state index is 0. The molecule has 4 aromatic carbocycles. The van der Waals surface area contributed by atoms with Gasteiger partial charge in [-0.3, -0.25) is 4.98 Å². The maximum absolute atomic E-state index is 9.08. The summed E-state index contributed by atoms with van der Waals surface area (Å²) in [5.41, 5.74) is 4.49. The van der Waals surface area contributed by atoms with Crippen LogP contribution in [0.3, 0.4) is 0 Å². The number of pyridine rings is 6. The van der Waals surface area contributed by atoms with Crippen molar-refractivity contribution in [3.05, 3.63) is 228 Å². The Hall–Kier alpha value is -7.67. The van der Waals surface area contributed by atoms with Gasteiger partial charge in [0.05, 0.1) is 32.4 Å². The molecular weight excluding hydrogens is 1460 g/mol. The minimum Gasteiger partial charge on any atom is -0.748 e. The topological polar surface area (TPSA) is 201 Å². The number of terminal acetylenes is 1. The molecule has 8 heterocycles. The van der Waals surface area contributed by atoms with E-state index in [0.717, 1.165) is 14.2 Å². The van der Waals surface area contributed by atoms with Crippen LogP contribution in [0, 0.1) is 71.7 Å². The molecule has 2 N–H and O–H groups in total. The second-order valence-corrected chi connectivity index (χ2v) is 17.3. The Labute approximate surface area is 580 Å². The van der Waals surface area contributed by atoms with E-state index in [1.807, 2.05) is 0 Å². The minimum atomic E-state index is -3.92. The molecule has 0 aliphatic heterocycles. The molecule has 0 amide bonds. The summed E-state index contributed by atoms with van der Waals surface area (Å²) in [4.78, 5) is 24.2. The summed E-state index contributed by atoms with van der Waals surface area (Å²) in [6.45, 7) is -11.8. The first-order valence-electron chi connectivity index (χ1n) is 36.8. The molecule has 0 saturated heterocycles. The molecule has 12 aromatic rings. The number of para-hydroxylation sites is 1. The largest absolute Gasteiger partial charge is 0.748 e. The van der Waals surface area contributed by atoms with Crippen LogP contribution in [0.2, 0.25) is 0 Å². The Kier molecular flexibility index (Phi) is 20.1. The van der Waals surface area contributed by atoms with Gasteiger partial charge in [-0.05, 0) is 111 Å². The Morgan fingerprint density at radius 3 is 1.45 bits per heavy atom. The molecule has 0 unspecified atom stereocenters. The van der Waals surface area contributed by atoms with Crippen LogP contribution in [0.4, 0.5) is 0 Å². The summed E-state index contributed by atoms with van der Waals surface area (Å²) in [7, 11) is 12.1. The first-order chi connectivity index (χ1) is 50.9. The molecule has 0 fully saturated rings. The number of hydrogen-bond acceptors (Lipinski definition) is 13. The Morgan fingerprint density at radius 2 is 1.02 bits per heavy atom. The van der Waals surface area contributed by atoms with Gasteiger partial charge in [-0.2, -0.15) is 0 Å². The van der Waals surface area contributed by atoms with Crippen LogP contribution in [0.15, 0.2) is 185 Å². The zero-order valence-electron chi connectivity index (χ0n) is 71.7. The molecule has 446 valence electrons. The van der Waals surface area contributed by atoms with Crippen LogP contribution < -0.4 is 0 Å². The van der Waals surface area contributed by atoms with E-state index in [4.69, 9.17) is 67.7 Å². The molecular formula is C67H66B4Ir2N6O7S-4. The number of aliphatic hydroxyl groups excluding tert-OH is 2. The van der Waals surface area contributed by atoms with E-state index in [1.165, 1.54) is 60.9 Å². The molecule has 12 rings (SSSR count). The quantitative estimate of drug-likeness (QED) is 0.0730. The average molecular weight is 1550 g/mol. The van der Waals surface area contributed by atoms with Crippen molar-refractivity contribution in [1.29, 1.82) is 0 Å². The van der Waals surface area contributed by atoms with Gasteiger partial charge < -0.3 is 38.6 Å². The number of aryl methyl sites for hydroxylation is 6. The van der Waals surface area contributed by atoms with Crippen LogP contribution in [0.5, 0.6) is 0 Å². The van der Waals surface area contributed by atoms with E-state index in [2.05, 4.69) is 83.7 Å². The van der Waals surface area contributed by atoms with E-state index in [0.29, 0.717) is 61.5 Å². The van der Waals surface area contributed by atoms with Gasteiger partial charge in [0.15, 0.2) is 0 Å². The van der Waals surface area contributed by atoms with Crippen molar-refractivity contribution in [2.24, 2.45) is 0 Å². The summed E-state index contributed by atoms with van der Waals surface area (Å²) < 4.78 is 234. The average Bonchev–Trinajstić information content (AvgIpc) is 1.62. The van der Waals surface area contributed by atoms with E-state index in [9.17, 15) is 0 Å². The standard InChI is InChI=1S/C17H12N2O.C17H11N2O.2C13H12N.C3H4.CH4O3S.2CH4O.CH4.B4.2Ir/c2*1-11-8-9-13-12-5-4-6-14(15-7-2-3-10-18-15)16(12)20-17(13)19-11;2*1-10-3-6-12(7-4-10)13-8-5-11(2)9-14-13;1-3-2;1-5(2,3)4;2*1-2;;1-4(2)3;;/h2-10H,1H3;2-5,7-10H,1H3;2*3-6,8-9H,1-2H3;1H,2H3;1H3,(H,2,3,4);2*2H,1H3;1H4;;;/q;3*-1;;;;;;;;/p-1/i2*1D3,2D,3D,7D,10D;2*1D3,2D3;;;;;;;;. The zero-order valence-corrected chi connectivity index (χ0v) is 51.3. The van der Waals surface area contributed by atoms with Gasteiger partial charge in [0.2, 0.25) is 11.4 Å². The molecule has 0 spiro atoms. The van der Waals surface area contributed by atoms with Crippen molar-refractivity contribution in [3.63, 3.8) is 0 Å². The van der Waals surface area contributed by atoms with Gasteiger partial charge in [0, 0.05) is 173 Å². The number of hydrogen-bond donors (Lipinski definition) is 2. The number of aliphatic hydroxyl groups is 2. The van der Waals surface area contributed by atoms with Gasteiger partial charge in [-0.25, -0.2) is 18.4 Å². The fraction of sp³-hybridized carbons (Fsp3) is 0.164. The monoisotopic (exact) mass is 1550 g/mol.